The molecule has 0 aromatic carbocycles. The fourth-order valence-corrected chi connectivity index (χ4v) is 1.96. The van der Waals surface area contributed by atoms with E-state index >= 15 is 0 Å². The van der Waals surface area contributed by atoms with Crippen molar-refractivity contribution >= 4 is 11.8 Å². The van der Waals surface area contributed by atoms with Gasteiger partial charge in [-0.15, -0.1) is 0 Å². The van der Waals surface area contributed by atoms with Crippen LogP contribution in [0, 0.1) is 5.82 Å². The van der Waals surface area contributed by atoms with Crippen LogP contribution in [0.15, 0.2) is 12.3 Å². The maximum Gasteiger partial charge on any atom is 0.338 e. The summed E-state index contributed by atoms with van der Waals surface area (Å²) < 4.78 is 19.1. The molecule has 2 N–H and O–H groups in total. The lowest BCUT2D eigenvalue weighted by Gasteiger charge is -2.35. The first-order valence-electron chi connectivity index (χ1n) is 5.87. The first-order valence-corrected chi connectivity index (χ1v) is 5.87. The first kappa shape index (κ1) is 12.8. The number of carboxylic acids is 1. The number of aromatic carboxylic acids is 1. The van der Waals surface area contributed by atoms with Crippen molar-refractivity contribution in [3.05, 3.63) is 23.6 Å². The SMILES string of the molecule is CCOC1CC(Nc2nccc(C(=O)O)c2F)C1. The number of hydrogen-bond acceptors (Lipinski definition) is 4. The van der Waals surface area contributed by atoms with Gasteiger partial charge in [0.2, 0.25) is 0 Å². The van der Waals surface area contributed by atoms with Crippen molar-refractivity contribution < 1.29 is 19.0 Å². The van der Waals surface area contributed by atoms with Gasteiger partial charge in [0.1, 0.15) is 5.56 Å². The molecule has 0 aliphatic heterocycles. The number of anilines is 1. The van der Waals surface area contributed by atoms with E-state index in [1.807, 2.05) is 6.92 Å². The van der Waals surface area contributed by atoms with Crippen LogP contribution in [-0.4, -0.2) is 34.8 Å². The predicted molar refractivity (Wildman–Crippen MR) is 63.2 cm³/mol. The molecule has 1 aromatic heterocycles. The zero-order valence-corrected chi connectivity index (χ0v) is 10.0. The van der Waals surface area contributed by atoms with Gasteiger partial charge in [-0.05, 0) is 25.8 Å². The number of pyridine rings is 1. The molecule has 0 spiro atoms. The van der Waals surface area contributed by atoms with Crippen LogP contribution in [0.5, 0.6) is 0 Å². The molecule has 18 heavy (non-hydrogen) atoms. The molecular weight excluding hydrogens is 239 g/mol. The predicted octanol–water partition coefficient (Wildman–Crippen LogP) is 1.90. The summed E-state index contributed by atoms with van der Waals surface area (Å²) in [6.07, 6.45) is 3.06. The summed E-state index contributed by atoms with van der Waals surface area (Å²) in [6, 6.07) is 1.24. The minimum atomic E-state index is -1.29. The zero-order valence-electron chi connectivity index (χ0n) is 10.0. The third kappa shape index (κ3) is 2.59. The lowest BCUT2D eigenvalue weighted by molar-refractivity contribution is 0.00284. The summed E-state index contributed by atoms with van der Waals surface area (Å²) in [7, 11) is 0. The number of ether oxygens (including phenoxy) is 1. The van der Waals surface area contributed by atoms with Crippen molar-refractivity contribution in [1.82, 2.24) is 4.98 Å². The number of carboxylic acid groups (broad SMARTS) is 1. The molecule has 1 heterocycles. The van der Waals surface area contributed by atoms with E-state index in [1.54, 1.807) is 0 Å². The number of carbonyl (C=O) groups is 1. The highest BCUT2D eigenvalue weighted by Crippen LogP contribution is 2.27. The van der Waals surface area contributed by atoms with E-state index in [1.165, 1.54) is 6.20 Å². The fourth-order valence-electron chi connectivity index (χ4n) is 1.96. The molecule has 1 aliphatic rings. The number of aromatic nitrogens is 1. The molecule has 1 aliphatic carbocycles. The van der Waals surface area contributed by atoms with Crippen LogP contribution in [0.2, 0.25) is 0 Å². The minimum absolute atomic E-state index is 0.00477. The van der Waals surface area contributed by atoms with Gasteiger partial charge in [0.05, 0.1) is 6.10 Å². The van der Waals surface area contributed by atoms with Gasteiger partial charge in [0, 0.05) is 18.8 Å². The van der Waals surface area contributed by atoms with Gasteiger partial charge in [-0.3, -0.25) is 0 Å². The fraction of sp³-hybridized carbons (Fsp3) is 0.500. The van der Waals surface area contributed by atoms with Crippen LogP contribution in [0.25, 0.3) is 0 Å². The van der Waals surface area contributed by atoms with Crippen molar-refractivity contribution in [1.29, 1.82) is 0 Å². The van der Waals surface area contributed by atoms with Crippen molar-refractivity contribution in [3.8, 4) is 0 Å². The number of nitrogens with zero attached hydrogens (tertiary/aromatic N) is 1. The number of hydrogen-bond donors (Lipinski definition) is 2. The Balaban J connectivity index is 1.99. The molecule has 0 atom stereocenters. The molecule has 0 saturated heterocycles. The van der Waals surface area contributed by atoms with Gasteiger partial charge < -0.3 is 15.2 Å². The standard InChI is InChI=1S/C12H15FN2O3/c1-2-18-8-5-7(6-8)15-11-10(13)9(12(16)17)3-4-14-11/h3-4,7-8H,2,5-6H2,1H3,(H,14,15)(H,16,17). The molecule has 1 saturated carbocycles. The summed E-state index contributed by atoms with van der Waals surface area (Å²) in [5.74, 6) is -2.11. The highest BCUT2D eigenvalue weighted by Gasteiger charge is 2.30. The van der Waals surface area contributed by atoms with E-state index in [-0.39, 0.29) is 23.5 Å². The number of nitrogens with one attached hydrogen (secondary N) is 1. The van der Waals surface area contributed by atoms with Crippen molar-refractivity contribution in [2.75, 3.05) is 11.9 Å². The van der Waals surface area contributed by atoms with Gasteiger partial charge in [0.15, 0.2) is 11.6 Å². The van der Waals surface area contributed by atoms with E-state index < -0.39 is 11.8 Å². The van der Waals surface area contributed by atoms with Crippen molar-refractivity contribution in [2.45, 2.75) is 31.9 Å². The summed E-state index contributed by atoms with van der Waals surface area (Å²) in [6.45, 7) is 2.59. The summed E-state index contributed by atoms with van der Waals surface area (Å²) in [5.41, 5.74) is -0.367. The van der Waals surface area contributed by atoms with Crippen molar-refractivity contribution in [3.63, 3.8) is 0 Å². The highest BCUT2D eigenvalue weighted by molar-refractivity contribution is 5.88. The lowest BCUT2D eigenvalue weighted by atomic mass is 9.89. The minimum Gasteiger partial charge on any atom is -0.478 e. The topological polar surface area (TPSA) is 71.5 Å². The van der Waals surface area contributed by atoms with Crippen LogP contribution in [0.3, 0.4) is 0 Å². The molecule has 0 unspecified atom stereocenters. The van der Waals surface area contributed by atoms with Crippen LogP contribution < -0.4 is 5.32 Å². The molecule has 1 aromatic rings. The molecular formula is C12H15FN2O3. The van der Waals surface area contributed by atoms with E-state index in [2.05, 4.69) is 10.3 Å². The number of halogens is 1. The molecule has 5 nitrogen and oxygen atoms in total. The largest absolute Gasteiger partial charge is 0.478 e. The summed E-state index contributed by atoms with van der Waals surface area (Å²) >= 11 is 0. The Labute approximate surface area is 104 Å². The van der Waals surface area contributed by atoms with Crippen LogP contribution in [0.1, 0.15) is 30.1 Å². The normalized spacial score (nSPS) is 22.3. The van der Waals surface area contributed by atoms with Crippen LogP contribution in [0.4, 0.5) is 10.2 Å². The average molecular weight is 254 g/mol. The van der Waals surface area contributed by atoms with Gasteiger partial charge in [-0.1, -0.05) is 0 Å². The average Bonchev–Trinajstić information content (AvgIpc) is 2.28. The second kappa shape index (κ2) is 5.30. The molecule has 1 fully saturated rings. The quantitative estimate of drug-likeness (QED) is 0.839. The van der Waals surface area contributed by atoms with Crippen molar-refractivity contribution in [2.24, 2.45) is 0 Å². The molecule has 98 valence electrons. The van der Waals surface area contributed by atoms with Gasteiger partial charge >= 0.3 is 5.97 Å². The zero-order chi connectivity index (χ0) is 13.1. The van der Waals surface area contributed by atoms with E-state index in [4.69, 9.17) is 9.84 Å². The van der Waals surface area contributed by atoms with E-state index in [0.717, 1.165) is 18.9 Å². The maximum atomic E-state index is 13.8. The molecule has 0 amide bonds. The Hall–Kier alpha value is -1.69. The first-order chi connectivity index (χ1) is 8.61. The Morgan fingerprint density at radius 2 is 2.39 bits per heavy atom. The molecule has 2 rings (SSSR count). The third-order valence-corrected chi connectivity index (χ3v) is 2.96. The Bertz CT molecular complexity index is 447. The maximum absolute atomic E-state index is 13.8. The second-order valence-electron chi connectivity index (χ2n) is 4.22. The van der Waals surface area contributed by atoms with Gasteiger partial charge in [0.25, 0.3) is 0 Å². The third-order valence-electron chi connectivity index (χ3n) is 2.96. The summed E-state index contributed by atoms with van der Waals surface area (Å²) in [5, 5.41) is 11.7. The molecule has 6 heteroatoms. The second-order valence-corrected chi connectivity index (χ2v) is 4.22. The van der Waals surface area contributed by atoms with E-state index in [0.29, 0.717) is 6.61 Å². The van der Waals surface area contributed by atoms with Crippen LogP contribution >= 0.6 is 0 Å². The lowest BCUT2D eigenvalue weighted by Crippen LogP contribution is -2.41. The Morgan fingerprint density at radius 3 is 3.00 bits per heavy atom. The number of rotatable bonds is 5. The van der Waals surface area contributed by atoms with E-state index in [9.17, 15) is 9.18 Å². The summed E-state index contributed by atoms with van der Waals surface area (Å²) in [4.78, 5) is 14.6. The Morgan fingerprint density at radius 1 is 1.67 bits per heavy atom. The molecule has 0 radical (unpaired) electrons. The monoisotopic (exact) mass is 254 g/mol. The van der Waals surface area contributed by atoms with Gasteiger partial charge in [-0.25, -0.2) is 14.2 Å². The van der Waals surface area contributed by atoms with Gasteiger partial charge in [-0.2, -0.15) is 0 Å². The Kier molecular flexibility index (Phi) is 3.76. The highest BCUT2D eigenvalue weighted by atomic mass is 19.1. The van der Waals surface area contributed by atoms with Crippen LogP contribution in [-0.2, 0) is 4.74 Å². The molecule has 0 bridgehead atoms. The smallest absolute Gasteiger partial charge is 0.338 e.